The molecule has 3 heteroatoms. The van der Waals surface area contributed by atoms with E-state index in [4.69, 9.17) is 0 Å². The van der Waals surface area contributed by atoms with Crippen LogP contribution < -0.4 is 0 Å². The molecular formula is C13H17F2N. The minimum absolute atomic E-state index is 0.205. The molecule has 2 rings (SSSR count). The Labute approximate surface area is 95.1 Å². The fourth-order valence-corrected chi connectivity index (χ4v) is 2.28. The highest BCUT2D eigenvalue weighted by atomic mass is 19.1. The van der Waals surface area contributed by atoms with E-state index in [1.807, 2.05) is 0 Å². The molecule has 1 nitrogen and oxygen atoms in total. The van der Waals surface area contributed by atoms with E-state index in [9.17, 15) is 8.78 Å². The molecule has 1 aromatic carbocycles. The van der Waals surface area contributed by atoms with E-state index in [0.717, 1.165) is 19.4 Å². The Balaban J connectivity index is 2.13. The van der Waals surface area contributed by atoms with Crippen molar-refractivity contribution >= 4 is 0 Å². The van der Waals surface area contributed by atoms with E-state index < -0.39 is 11.6 Å². The predicted molar refractivity (Wildman–Crippen MR) is 60.1 cm³/mol. The highest BCUT2D eigenvalue weighted by Gasteiger charge is 2.20. The maximum atomic E-state index is 13.5. The van der Waals surface area contributed by atoms with Crippen LogP contribution in [0, 0.1) is 11.6 Å². The molecule has 0 aliphatic carbocycles. The van der Waals surface area contributed by atoms with Crippen LogP contribution in [0.5, 0.6) is 0 Å². The standard InChI is InChI=1S/C13H17F2N/c1-10-5-2-3-8-16(10)9-11-12(14)6-4-7-13(11)15/h4,6-7,10H,2-3,5,8-9H2,1H3/t10-/m0/s1. The van der Waals surface area contributed by atoms with Crippen LogP contribution in [0.2, 0.25) is 0 Å². The zero-order chi connectivity index (χ0) is 11.5. The van der Waals surface area contributed by atoms with Gasteiger partial charge in [-0.1, -0.05) is 12.5 Å². The second-order valence-electron chi connectivity index (χ2n) is 4.52. The van der Waals surface area contributed by atoms with E-state index in [0.29, 0.717) is 12.6 Å². The van der Waals surface area contributed by atoms with Crippen molar-refractivity contribution in [3.8, 4) is 0 Å². The Morgan fingerprint density at radius 1 is 1.25 bits per heavy atom. The summed E-state index contributed by atoms with van der Waals surface area (Å²) in [7, 11) is 0. The molecule has 1 fully saturated rings. The molecule has 0 spiro atoms. The van der Waals surface area contributed by atoms with Crippen LogP contribution in [-0.2, 0) is 6.54 Å². The lowest BCUT2D eigenvalue weighted by Gasteiger charge is -2.33. The van der Waals surface area contributed by atoms with Gasteiger partial charge in [-0.25, -0.2) is 8.78 Å². The number of halogens is 2. The third kappa shape index (κ3) is 2.40. The molecule has 0 unspecified atom stereocenters. The van der Waals surface area contributed by atoms with Gasteiger partial charge in [0, 0.05) is 18.2 Å². The first-order valence-electron chi connectivity index (χ1n) is 5.85. The molecule has 0 saturated carbocycles. The van der Waals surface area contributed by atoms with Crippen molar-refractivity contribution in [2.24, 2.45) is 0 Å². The molecule has 0 bridgehead atoms. The Morgan fingerprint density at radius 2 is 1.94 bits per heavy atom. The van der Waals surface area contributed by atoms with Gasteiger partial charge in [-0.05, 0) is 38.4 Å². The number of hydrogen-bond acceptors (Lipinski definition) is 1. The van der Waals surface area contributed by atoms with Gasteiger partial charge >= 0.3 is 0 Å². The quantitative estimate of drug-likeness (QED) is 0.746. The summed E-state index contributed by atoms with van der Waals surface area (Å²) in [5, 5.41) is 0. The fraction of sp³-hybridized carbons (Fsp3) is 0.538. The van der Waals surface area contributed by atoms with Crippen molar-refractivity contribution < 1.29 is 8.78 Å². The second kappa shape index (κ2) is 4.91. The van der Waals surface area contributed by atoms with E-state index in [2.05, 4.69) is 11.8 Å². The van der Waals surface area contributed by atoms with Gasteiger partial charge in [-0.3, -0.25) is 4.90 Å². The normalized spacial score (nSPS) is 22.3. The Morgan fingerprint density at radius 3 is 2.56 bits per heavy atom. The van der Waals surface area contributed by atoms with Crippen LogP contribution >= 0.6 is 0 Å². The summed E-state index contributed by atoms with van der Waals surface area (Å²) in [6.45, 7) is 3.45. The topological polar surface area (TPSA) is 3.24 Å². The summed E-state index contributed by atoms with van der Waals surface area (Å²) < 4.78 is 26.9. The van der Waals surface area contributed by atoms with Crippen molar-refractivity contribution in [1.29, 1.82) is 0 Å². The molecule has 1 aliphatic heterocycles. The molecule has 1 aromatic rings. The molecule has 0 amide bonds. The van der Waals surface area contributed by atoms with Crippen molar-refractivity contribution in [2.75, 3.05) is 6.54 Å². The summed E-state index contributed by atoms with van der Waals surface area (Å²) in [4.78, 5) is 2.16. The second-order valence-corrected chi connectivity index (χ2v) is 4.52. The van der Waals surface area contributed by atoms with E-state index in [1.54, 1.807) is 0 Å². The highest BCUT2D eigenvalue weighted by Crippen LogP contribution is 2.21. The van der Waals surface area contributed by atoms with Gasteiger partial charge in [-0.2, -0.15) is 0 Å². The fourth-order valence-electron chi connectivity index (χ4n) is 2.28. The largest absolute Gasteiger partial charge is 0.296 e. The minimum Gasteiger partial charge on any atom is -0.296 e. The number of piperidine rings is 1. The maximum Gasteiger partial charge on any atom is 0.130 e. The molecule has 0 N–H and O–H groups in total. The number of likely N-dealkylation sites (tertiary alicyclic amines) is 1. The van der Waals surface area contributed by atoms with Crippen molar-refractivity contribution in [2.45, 2.75) is 38.8 Å². The smallest absolute Gasteiger partial charge is 0.130 e. The number of rotatable bonds is 2. The maximum absolute atomic E-state index is 13.5. The zero-order valence-corrected chi connectivity index (χ0v) is 9.55. The SMILES string of the molecule is C[C@H]1CCCCN1Cc1c(F)cccc1F. The first-order chi connectivity index (χ1) is 7.68. The third-order valence-corrected chi connectivity index (χ3v) is 3.36. The van der Waals surface area contributed by atoms with Crippen LogP contribution in [0.1, 0.15) is 31.7 Å². The molecule has 1 saturated heterocycles. The van der Waals surface area contributed by atoms with Gasteiger partial charge in [0.1, 0.15) is 11.6 Å². The van der Waals surface area contributed by atoms with Crippen LogP contribution in [0.15, 0.2) is 18.2 Å². The lowest BCUT2D eigenvalue weighted by atomic mass is 10.0. The van der Waals surface area contributed by atoms with Crippen molar-refractivity contribution in [3.63, 3.8) is 0 Å². The Hall–Kier alpha value is -0.960. The third-order valence-electron chi connectivity index (χ3n) is 3.36. The van der Waals surface area contributed by atoms with Crippen molar-refractivity contribution in [1.82, 2.24) is 4.90 Å². The molecular weight excluding hydrogens is 208 g/mol. The Kier molecular flexibility index (Phi) is 3.54. The molecule has 1 heterocycles. The summed E-state index contributed by atoms with van der Waals surface area (Å²) in [5.74, 6) is -0.865. The summed E-state index contributed by atoms with van der Waals surface area (Å²) in [6.07, 6.45) is 3.47. The van der Waals surface area contributed by atoms with Crippen LogP contribution in [0.3, 0.4) is 0 Å². The van der Waals surface area contributed by atoms with E-state index in [1.165, 1.54) is 24.6 Å². The van der Waals surface area contributed by atoms with Crippen molar-refractivity contribution in [3.05, 3.63) is 35.4 Å². The van der Waals surface area contributed by atoms with Gasteiger partial charge in [-0.15, -0.1) is 0 Å². The Bertz CT molecular complexity index is 345. The molecule has 0 aromatic heterocycles. The molecule has 0 radical (unpaired) electrons. The molecule has 1 atom stereocenters. The average molecular weight is 225 g/mol. The van der Waals surface area contributed by atoms with Gasteiger partial charge in [0.05, 0.1) is 0 Å². The average Bonchev–Trinajstić information content (AvgIpc) is 2.26. The van der Waals surface area contributed by atoms with Gasteiger partial charge in [0.2, 0.25) is 0 Å². The monoisotopic (exact) mass is 225 g/mol. The zero-order valence-electron chi connectivity index (χ0n) is 9.55. The predicted octanol–water partition coefficient (Wildman–Crippen LogP) is 3.34. The van der Waals surface area contributed by atoms with Crippen LogP contribution in [-0.4, -0.2) is 17.5 Å². The van der Waals surface area contributed by atoms with Gasteiger partial charge in [0.15, 0.2) is 0 Å². The first kappa shape index (κ1) is 11.5. The lowest BCUT2D eigenvalue weighted by molar-refractivity contribution is 0.149. The summed E-state index contributed by atoms with van der Waals surface area (Å²) >= 11 is 0. The van der Waals surface area contributed by atoms with Gasteiger partial charge in [0.25, 0.3) is 0 Å². The number of hydrogen-bond donors (Lipinski definition) is 0. The van der Waals surface area contributed by atoms with Gasteiger partial charge < -0.3 is 0 Å². The first-order valence-corrected chi connectivity index (χ1v) is 5.85. The number of benzene rings is 1. The van der Waals surface area contributed by atoms with E-state index >= 15 is 0 Å². The van der Waals surface area contributed by atoms with Crippen LogP contribution in [0.4, 0.5) is 8.78 Å². The molecule has 16 heavy (non-hydrogen) atoms. The van der Waals surface area contributed by atoms with Crippen LogP contribution in [0.25, 0.3) is 0 Å². The molecule has 88 valence electrons. The highest BCUT2D eigenvalue weighted by molar-refractivity contribution is 5.19. The number of nitrogens with zero attached hydrogens (tertiary/aromatic N) is 1. The summed E-state index contributed by atoms with van der Waals surface area (Å²) in [6, 6.07) is 4.49. The molecule has 1 aliphatic rings. The van der Waals surface area contributed by atoms with E-state index in [-0.39, 0.29) is 5.56 Å². The lowest BCUT2D eigenvalue weighted by Crippen LogP contribution is -2.37. The minimum atomic E-state index is -0.433. The summed E-state index contributed by atoms with van der Waals surface area (Å²) in [5.41, 5.74) is 0.205.